The van der Waals surface area contributed by atoms with E-state index in [1.807, 2.05) is 54.6 Å². The summed E-state index contributed by atoms with van der Waals surface area (Å²) < 4.78 is 5.37. The summed E-state index contributed by atoms with van der Waals surface area (Å²) in [5.74, 6) is 0.769. The number of benzene rings is 2. The van der Waals surface area contributed by atoms with E-state index in [0.717, 1.165) is 30.0 Å². The van der Waals surface area contributed by atoms with E-state index in [2.05, 4.69) is 11.8 Å². The largest absolute Gasteiger partial charge is 0.497 e. The van der Waals surface area contributed by atoms with Gasteiger partial charge in [0.2, 0.25) is 0 Å². The van der Waals surface area contributed by atoms with E-state index in [9.17, 15) is 5.11 Å². The minimum absolute atomic E-state index is 0.000457. The van der Waals surface area contributed by atoms with Crippen LogP contribution in [0, 0.1) is 0 Å². The third-order valence-corrected chi connectivity index (χ3v) is 5.02. The lowest BCUT2D eigenvalue weighted by atomic mass is 9.80. The van der Waals surface area contributed by atoms with Gasteiger partial charge in [0.15, 0.2) is 0 Å². The van der Waals surface area contributed by atoms with Gasteiger partial charge < -0.3 is 9.84 Å². The number of nitrogens with zero attached hydrogens (tertiary/aromatic N) is 1. The van der Waals surface area contributed by atoms with Gasteiger partial charge in [-0.3, -0.25) is 4.90 Å². The van der Waals surface area contributed by atoms with Gasteiger partial charge in [-0.05, 0) is 56.1 Å². The van der Waals surface area contributed by atoms with E-state index >= 15 is 0 Å². The average molecular weight is 311 g/mol. The number of aliphatic hydroxyl groups is 1. The standard InChI is InChI=1S/C20H25NO2/c1-16(21-13-6-7-14-21)20(22,17-9-4-3-5-10-17)18-11-8-12-19(15-18)23-2/h3-5,8-12,15-16,22H,6-7,13-14H2,1-2H3/t16-,20-/m1/s1. The molecule has 0 unspecified atom stereocenters. The molecule has 3 nitrogen and oxygen atoms in total. The molecule has 2 aromatic carbocycles. The zero-order valence-electron chi connectivity index (χ0n) is 13.9. The Morgan fingerprint density at radius 2 is 1.65 bits per heavy atom. The van der Waals surface area contributed by atoms with Crippen molar-refractivity contribution < 1.29 is 9.84 Å². The summed E-state index contributed by atoms with van der Waals surface area (Å²) in [6, 6.07) is 17.7. The van der Waals surface area contributed by atoms with E-state index in [1.165, 1.54) is 12.8 Å². The van der Waals surface area contributed by atoms with Crippen LogP contribution in [0.3, 0.4) is 0 Å². The second kappa shape index (κ2) is 6.73. The van der Waals surface area contributed by atoms with Crippen LogP contribution in [-0.4, -0.2) is 36.2 Å². The molecule has 1 aliphatic rings. The maximum absolute atomic E-state index is 11.8. The van der Waals surface area contributed by atoms with Gasteiger partial charge in [-0.1, -0.05) is 42.5 Å². The van der Waals surface area contributed by atoms with Gasteiger partial charge in [-0.25, -0.2) is 0 Å². The summed E-state index contributed by atoms with van der Waals surface area (Å²) >= 11 is 0. The van der Waals surface area contributed by atoms with Gasteiger partial charge >= 0.3 is 0 Å². The van der Waals surface area contributed by atoms with Crippen molar-refractivity contribution in [2.24, 2.45) is 0 Å². The van der Waals surface area contributed by atoms with Crippen molar-refractivity contribution in [2.75, 3.05) is 20.2 Å². The molecular formula is C20H25NO2. The Balaban J connectivity index is 2.09. The Morgan fingerprint density at radius 3 is 2.30 bits per heavy atom. The summed E-state index contributed by atoms with van der Waals surface area (Å²) in [4.78, 5) is 2.38. The second-order valence-electron chi connectivity index (χ2n) is 6.28. The highest BCUT2D eigenvalue weighted by atomic mass is 16.5. The summed E-state index contributed by atoms with van der Waals surface area (Å²) in [7, 11) is 1.66. The van der Waals surface area contributed by atoms with Gasteiger partial charge in [0, 0.05) is 6.04 Å². The lowest BCUT2D eigenvalue weighted by molar-refractivity contribution is -0.00468. The smallest absolute Gasteiger partial charge is 0.130 e. The SMILES string of the molecule is COc1cccc([C@](O)(c2ccccc2)[C@@H](C)N2CCCC2)c1. The molecule has 1 heterocycles. The van der Waals surface area contributed by atoms with Crippen LogP contribution >= 0.6 is 0 Å². The monoisotopic (exact) mass is 311 g/mol. The summed E-state index contributed by atoms with van der Waals surface area (Å²) in [6.07, 6.45) is 2.40. The molecule has 0 aliphatic carbocycles. The van der Waals surface area contributed by atoms with Crippen LogP contribution in [0.5, 0.6) is 5.75 Å². The molecule has 3 rings (SSSR count). The summed E-state index contributed by atoms with van der Waals surface area (Å²) in [5.41, 5.74) is 0.746. The molecule has 122 valence electrons. The van der Waals surface area contributed by atoms with Gasteiger partial charge in [0.05, 0.1) is 7.11 Å². The maximum atomic E-state index is 11.8. The zero-order valence-corrected chi connectivity index (χ0v) is 13.9. The highest BCUT2D eigenvalue weighted by molar-refractivity contribution is 5.41. The van der Waals surface area contributed by atoms with Crippen molar-refractivity contribution in [1.82, 2.24) is 4.90 Å². The molecular weight excluding hydrogens is 286 g/mol. The number of ether oxygens (including phenoxy) is 1. The van der Waals surface area contributed by atoms with Crippen LogP contribution in [0.15, 0.2) is 54.6 Å². The topological polar surface area (TPSA) is 32.7 Å². The fourth-order valence-electron chi connectivity index (χ4n) is 3.59. The third kappa shape index (κ3) is 2.99. The predicted octanol–water partition coefficient (Wildman–Crippen LogP) is 3.42. The van der Waals surface area contributed by atoms with Crippen molar-refractivity contribution in [3.05, 3.63) is 65.7 Å². The van der Waals surface area contributed by atoms with Crippen LogP contribution in [0.4, 0.5) is 0 Å². The van der Waals surface area contributed by atoms with E-state index < -0.39 is 5.60 Å². The fourth-order valence-corrected chi connectivity index (χ4v) is 3.59. The Labute approximate surface area is 138 Å². The van der Waals surface area contributed by atoms with Crippen LogP contribution < -0.4 is 4.74 Å². The Kier molecular flexibility index (Phi) is 4.69. The maximum Gasteiger partial charge on any atom is 0.130 e. The predicted molar refractivity (Wildman–Crippen MR) is 92.7 cm³/mol. The van der Waals surface area contributed by atoms with Gasteiger partial charge in [0.1, 0.15) is 11.4 Å². The van der Waals surface area contributed by atoms with Gasteiger partial charge in [-0.15, -0.1) is 0 Å². The quantitative estimate of drug-likeness (QED) is 0.918. The number of hydrogen-bond donors (Lipinski definition) is 1. The first-order chi connectivity index (χ1) is 11.2. The molecule has 2 atom stereocenters. The highest BCUT2D eigenvalue weighted by Gasteiger charge is 2.41. The lowest BCUT2D eigenvalue weighted by Gasteiger charge is -2.40. The first kappa shape index (κ1) is 16.0. The zero-order chi connectivity index (χ0) is 16.3. The molecule has 0 saturated carbocycles. The molecule has 1 fully saturated rings. The first-order valence-electron chi connectivity index (χ1n) is 8.32. The molecule has 1 N–H and O–H groups in total. The molecule has 0 amide bonds. The normalized spacial score (nSPS) is 19.3. The van der Waals surface area contributed by atoms with E-state index in [4.69, 9.17) is 4.74 Å². The van der Waals surface area contributed by atoms with Gasteiger partial charge in [-0.2, -0.15) is 0 Å². The summed E-state index contributed by atoms with van der Waals surface area (Å²) in [5, 5.41) is 11.8. The Hall–Kier alpha value is -1.84. The number of rotatable bonds is 5. The molecule has 0 bridgehead atoms. The van der Waals surface area contributed by atoms with Crippen LogP contribution in [0.25, 0.3) is 0 Å². The van der Waals surface area contributed by atoms with Crippen molar-refractivity contribution in [3.8, 4) is 5.75 Å². The van der Waals surface area contributed by atoms with Gasteiger partial charge in [0.25, 0.3) is 0 Å². The van der Waals surface area contributed by atoms with Crippen LogP contribution in [0.2, 0.25) is 0 Å². The van der Waals surface area contributed by atoms with Crippen molar-refractivity contribution in [3.63, 3.8) is 0 Å². The second-order valence-corrected chi connectivity index (χ2v) is 6.28. The molecule has 23 heavy (non-hydrogen) atoms. The summed E-state index contributed by atoms with van der Waals surface area (Å²) in [6.45, 7) is 4.21. The third-order valence-electron chi connectivity index (χ3n) is 5.02. The molecule has 1 saturated heterocycles. The minimum atomic E-state index is -1.06. The number of hydrogen-bond acceptors (Lipinski definition) is 3. The molecule has 3 heteroatoms. The molecule has 0 spiro atoms. The van der Waals surface area contributed by atoms with Crippen molar-refractivity contribution >= 4 is 0 Å². The van der Waals surface area contributed by atoms with Crippen LogP contribution in [-0.2, 0) is 5.60 Å². The Bertz CT molecular complexity index is 637. The minimum Gasteiger partial charge on any atom is -0.497 e. The number of likely N-dealkylation sites (tertiary alicyclic amines) is 1. The van der Waals surface area contributed by atoms with Crippen LogP contribution in [0.1, 0.15) is 30.9 Å². The first-order valence-corrected chi connectivity index (χ1v) is 8.32. The van der Waals surface area contributed by atoms with Crippen molar-refractivity contribution in [2.45, 2.75) is 31.4 Å². The molecule has 0 aromatic heterocycles. The average Bonchev–Trinajstić information content (AvgIpc) is 3.15. The van der Waals surface area contributed by atoms with Crippen molar-refractivity contribution in [1.29, 1.82) is 0 Å². The lowest BCUT2D eigenvalue weighted by Crippen LogP contribution is -2.48. The molecule has 2 aromatic rings. The highest BCUT2D eigenvalue weighted by Crippen LogP contribution is 2.37. The Morgan fingerprint density at radius 1 is 1.00 bits per heavy atom. The molecule has 0 radical (unpaired) electrons. The fraction of sp³-hybridized carbons (Fsp3) is 0.400. The molecule has 1 aliphatic heterocycles. The van der Waals surface area contributed by atoms with E-state index in [-0.39, 0.29) is 6.04 Å². The van der Waals surface area contributed by atoms with E-state index in [1.54, 1.807) is 7.11 Å². The van der Waals surface area contributed by atoms with E-state index in [0.29, 0.717) is 0 Å². The number of methoxy groups -OCH3 is 1.